The highest BCUT2D eigenvalue weighted by atomic mass is 35.5. The minimum Gasteiger partial charge on any atom is -0.486 e. The van der Waals surface area contributed by atoms with Gasteiger partial charge in [-0.3, -0.25) is 23.7 Å². The van der Waals surface area contributed by atoms with Crippen LogP contribution in [0.2, 0.25) is 5.02 Å². The van der Waals surface area contributed by atoms with Crippen molar-refractivity contribution in [3.05, 3.63) is 35.1 Å². The van der Waals surface area contributed by atoms with Crippen molar-refractivity contribution in [1.82, 2.24) is 20.1 Å². The first-order chi connectivity index (χ1) is 20.5. The van der Waals surface area contributed by atoms with Crippen LogP contribution in [0, 0.1) is 0 Å². The number of carbonyl (C=O) groups excluding carboxylic acids is 4. The molecule has 2 aliphatic rings. The third-order valence-corrected chi connectivity index (χ3v) is 8.28. The first-order valence-electron chi connectivity index (χ1n) is 13.9. The smallest absolute Gasteiger partial charge is 0.303 e. The van der Waals surface area contributed by atoms with Gasteiger partial charge in [-0.15, -0.1) is 10.2 Å². The molecule has 13 nitrogen and oxygen atoms in total. The summed E-state index contributed by atoms with van der Waals surface area (Å²) in [4.78, 5) is 48.2. The van der Waals surface area contributed by atoms with Crippen molar-refractivity contribution in [2.24, 2.45) is 0 Å². The van der Waals surface area contributed by atoms with E-state index in [1.807, 2.05) is 4.57 Å². The maximum Gasteiger partial charge on any atom is 0.303 e. The molecule has 5 atom stereocenters. The van der Waals surface area contributed by atoms with Gasteiger partial charge in [0.25, 0.3) is 0 Å². The summed E-state index contributed by atoms with van der Waals surface area (Å²) in [5, 5.41) is 12.8. The predicted octanol–water partition coefficient (Wildman–Crippen LogP) is 3.37. The third-order valence-electron chi connectivity index (χ3n) is 6.90. The van der Waals surface area contributed by atoms with Crippen LogP contribution in [0.1, 0.15) is 65.2 Å². The van der Waals surface area contributed by atoms with Crippen LogP contribution in [0.3, 0.4) is 0 Å². The predicted molar refractivity (Wildman–Crippen MR) is 153 cm³/mol. The lowest BCUT2D eigenvalue weighted by atomic mass is 9.97. The topological polar surface area (TPSA) is 157 Å². The third kappa shape index (κ3) is 8.83. The van der Waals surface area contributed by atoms with Gasteiger partial charge in [-0.1, -0.05) is 36.2 Å². The Morgan fingerprint density at radius 1 is 0.977 bits per heavy atom. The number of esters is 3. The number of benzene rings is 1. The number of ether oxygens (including phenoxy) is 5. The quantitative estimate of drug-likeness (QED) is 0.283. The number of nitrogens with zero attached hydrogens (tertiary/aromatic N) is 3. The summed E-state index contributed by atoms with van der Waals surface area (Å²) >= 11 is 7.17. The summed E-state index contributed by atoms with van der Waals surface area (Å²) in [6, 6.07) is 6.14. The fraction of sp³-hybridized carbons (Fsp3) is 0.571. The SMILES string of the molecule is CC(=O)N[C@H]1[C@H](OC(C)=O)[C@H](OC(C)=O)[C@@H](COC(C)=O)O[C@H]1Sc1nnc(COc2ccc(Cl)cc2)n1C1CCCC1. The van der Waals surface area contributed by atoms with Gasteiger partial charge >= 0.3 is 17.9 Å². The Bertz CT molecular complexity index is 1300. The molecule has 1 aromatic carbocycles. The fourth-order valence-corrected chi connectivity index (χ4v) is 6.55. The lowest BCUT2D eigenvalue weighted by molar-refractivity contribution is -0.211. The molecule has 1 N–H and O–H groups in total. The minimum atomic E-state index is -1.18. The molecule has 0 spiro atoms. The summed E-state index contributed by atoms with van der Waals surface area (Å²) in [5.41, 5.74) is -0.907. The lowest BCUT2D eigenvalue weighted by Crippen LogP contribution is -2.65. The maximum absolute atomic E-state index is 12.3. The second-order valence-corrected chi connectivity index (χ2v) is 11.8. The standard InChI is InChI=1S/C28H35ClN4O9S/c1-15(34)30-24-26(41-18(4)37)25(40-17(3)36)22(13-38-16(2)35)42-27(24)43-28-32-31-23(33(28)20-7-5-6-8-20)14-39-21-11-9-19(29)10-12-21/h9-12,20,22,24-27H,5-8,13-14H2,1-4H3,(H,30,34)/t22-,24+,25-,26+,27+/m1/s1. The van der Waals surface area contributed by atoms with Crippen molar-refractivity contribution in [3.63, 3.8) is 0 Å². The molecule has 0 radical (unpaired) electrons. The Labute approximate surface area is 258 Å². The fourth-order valence-electron chi connectivity index (χ4n) is 5.19. The summed E-state index contributed by atoms with van der Waals surface area (Å²) in [7, 11) is 0. The second kappa shape index (κ2) is 14.9. The molecule has 1 aliphatic carbocycles. The van der Waals surface area contributed by atoms with Crippen molar-refractivity contribution in [3.8, 4) is 5.75 Å². The Hall–Kier alpha value is -3.36. The molecule has 1 aromatic heterocycles. The summed E-state index contributed by atoms with van der Waals surface area (Å²) in [6.45, 7) is 4.80. The van der Waals surface area contributed by atoms with Gasteiger partial charge < -0.3 is 29.0 Å². The van der Waals surface area contributed by atoms with Gasteiger partial charge in [0.05, 0.1) is 0 Å². The molecule has 0 bridgehead atoms. The van der Waals surface area contributed by atoms with E-state index < -0.39 is 53.6 Å². The number of amides is 1. The molecule has 4 rings (SSSR count). The Morgan fingerprint density at radius 3 is 2.23 bits per heavy atom. The number of rotatable bonds is 11. The van der Waals surface area contributed by atoms with E-state index in [1.165, 1.54) is 39.5 Å². The largest absolute Gasteiger partial charge is 0.486 e. The monoisotopic (exact) mass is 638 g/mol. The van der Waals surface area contributed by atoms with Gasteiger partial charge in [0, 0.05) is 38.8 Å². The summed E-state index contributed by atoms with van der Waals surface area (Å²) < 4.78 is 30.6. The normalized spacial score (nSPS) is 23.8. The van der Waals surface area contributed by atoms with Crippen molar-refractivity contribution in [2.75, 3.05) is 6.61 Å². The molecule has 1 amide bonds. The molecule has 2 fully saturated rings. The van der Waals surface area contributed by atoms with Crippen LogP contribution in [-0.4, -0.2) is 75.0 Å². The van der Waals surface area contributed by atoms with Gasteiger partial charge in [0.2, 0.25) is 5.91 Å². The summed E-state index contributed by atoms with van der Waals surface area (Å²) in [6.07, 6.45) is 0.567. The molecule has 2 heterocycles. The van der Waals surface area contributed by atoms with E-state index >= 15 is 0 Å². The van der Waals surface area contributed by atoms with Gasteiger partial charge in [-0.2, -0.15) is 0 Å². The number of carbonyl (C=O) groups is 4. The van der Waals surface area contributed by atoms with E-state index in [4.69, 9.17) is 35.3 Å². The maximum atomic E-state index is 12.3. The van der Waals surface area contributed by atoms with E-state index in [0.29, 0.717) is 21.8 Å². The Morgan fingerprint density at radius 2 is 1.63 bits per heavy atom. The molecule has 15 heteroatoms. The average Bonchev–Trinajstić information content (AvgIpc) is 3.59. The lowest BCUT2D eigenvalue weighted by Gasteiger charge is -2.44. The molecule has 1 saturated heterocycles. The van der Waals surface area contributed by atoms with Crippen molar-refractivity contribution in [1.29, 1.82) is 0 Å². The Kier molecular flexibility index (Phi) is 11.3. The summed E-state index contributed by atoms with van der Waals surface area (Å²) in [5.74, 6) is -1.11. The highest BCUT2D eigenvalue weighted by Gasteiger charge is 2.51. The average molecular weight is 639 g/mol. The van der Waals surface area contributed by atoms with Crippen molar-refractivity contribution >= 4 is 47.2 Å². The molecule has 1 saturated carbocycles. The number of halogens is 1. The number of hydrogen-bond acceptors (Lipinski definition) is 12. The van der Waals surface area contributed by atoms with Gasteiger partial charge in [-0.05, 0) is 37.1 Å². The number of hydrogen-bond donors (Lipinski definition) is 1. The van der Waals surface area contributed by atoms with E-state index in [2.05, 4.69) is 15.5 Å². The van der Waals surface area contributed by atoms with Crippen LogP contribution in [0.15, 0.2) is 29.4 Å². The molecule has 1 aliphatic heterocycles. The number of nitrogens with one attached hydrogen (secondary N) is 1. The van der Waals surface area contributed by atoms with Gasteiger partial charge in [0.1, 0.15) is 36.5 Å². The number of thioether (sulfide) groups is 1. The Balaban J connectivity index is 1.68. The molecule has 234 valence electrons. The van der Waals surface area contributed by atoms with Crippen LogP contribution in [-0.2, 0) is 44.7 Å². The van der Waals surface area contributed by atoms with Crippen LogP contribution < -0.4 is 10.1 Å². The zero-order chi connectivity index (χ0) is 31.1. The van der Waals surface area contributed by atoms with Crippen LogP contribution >= 0.6 is 23.4 Å². The first-order valence-corrected chi connectivity index (χ1v) is 15.2. The highest BCUT2D eigenvalue weighted by Crippen LogP contribution is 2.39. The van der Waals surface area contributed by atoms with E-state index in [1.54, 1.807) is 24.3 Å². The zero-order valence-corrected chi connectivity index (χ0v) is 25.9. The molecular formula is C28H35ClN4O9S. The molecule has 0 unspecified atom stereocenters. The first kappa shape index (κ1) is 32.6. The van der Waals surface area contributed by atoms with Crippen LogP contribution in [0.5, 0.6) is 5.75 Å². The van der Waals surface area contributed by atoms with Crippen molar-refractivity contribution < 1.29 is 42.9 Å². The van der Waals surface area contributed by atoms with Gasteiger partial charge in [-0.25, -0.2) is 0 Å². The molecular weight excluding hydrogens is 604 g/mol. The van der Waals surface area contributed by atoms with E-state index in [0.717, 1.165) is 25.7 Å². The van der Waals surface area contributed by atoms with E-state index in [-0.39, 0.29) is 19.3 Å². The molecule has 43 heavy (non-hydrogen) atoms. The van der Waals surface area contributed by atoms with Crippen LogP contribution in [0.4, 0.5) is 0 Å². The minimum absolute atomic E-state index is 0.110. The second-order valence-electron chi connectivity index (χ2n) is 10.3. The molecule has 2 aromatic rings. The highest BCUT2D eigenvalue weighted by molar-refractivity contribution is 7.99. The van der Waals surface area contributed by atoms with Crippen LogP contribution in [0.25, 0.3) is 0 Å². The van der Waals surface area contributed by atoms with E-state index in [9.17, 15) is 19.2 Å². The van der Waals surface area contributed by atoms with Gasteiger partial charge in [0.15, 0.2) is 23.2 Å². The number of aromatic nitrogens is 3. The van der Waals surface area contributed by atoms with Crippen molar-refractivity contribution in [2.45, 2.75) is 101 Å². The zero-order valence-electron chi connectivity index (χ0n) is 24.3.